The van der Waals surface area contributed by atoms with Gasteiger partial charge in [-0.3, -0.25) is 0 Å². The maximum Gasteiger partial charge on any atom is 0.122 e. The molecule has 20 heavy (non-hydrogen) atoms. The molecule has 0 radical (unpaired) electrons. The van der Waals surface area contributed by atoms with Gasteiger partial charge < -0.3 is 15.2 Å². The Hall–Kier alpha value is -1.52. The lowest BCUT2D eigenvalue weighted by atomic mass is 9.97. The molecule has 0 saturated heterocycles. The summed E-state index contributed by atoms with van der Waals surface area (Å²) in [4.78, 5) is 0. The molecule has 1 aliphatic rings. The van der Waals surface area contributed by atoms with Gasteiger partial charge in [0.1, 0.15) is 11.5 Å². The average Bonchev–Trinajstić information content (AvgIpc) is 2.93. The summed E-state index contributed by atoms with van der Waals surface area (Å²) in [6, 6.07) is 11.9. The van der Waals surface area contributed by atoms with Gasteiger partial charge in [-0.1, -0.05) is 34.1 Å². The van der Waals surface area contributed by atoms with Gasteiger partial charge in [-0.2, -0.15) is 0 Å². The minimum absolute atomic E-state index is 0.166. The second-order valence-electron chi connectivity index (χ2n) is 4.83. The maximum absolute atomic E-state index is 6.39. The molecule has 2 aromatic rings. The van der Waals surface area contributed by atoms with Gasteiger partial charge in [0.25, 0.3) is 0 Å². The van der Waals surface area contributed by atoms with Gasteiger partial charge in [0.05, 0.1) is 19.8 Å². The number of methoxy groups -OCH3 is 1. The van der Waals surface area contributed by atoms with Crippen molar-refractivity contribution in [3.05, 3.63) is 57.6 Å². The van der Waals surface area contributed by atoms with Crippen LogP contribution in [0.25, 0.3) is 0 Å². The Bertz CT molecular complexity index is 642. The van der Waals surface area contributed by atoms with Crippen LogP contribution in [0.1, 0.15) is 22.7 Å². The molecule has 1 aliphatic heterocycles. The largest absolute Gasteiger partial charge is 0.497 e. The first kappa shape index (κ1) is 13.5. The molecule has 0 fully saturated rings. The summed E-state index contributed by atoms with van der Waals surface area (Å²) in [6.45, 7) is 0.764. The number of hydrogen-bond donors (Lipinski definition) is 1. The van der Waals surface area contributed by atoms with E-state index >= 15 is 0 Å². The van der Waals surface area contributed by atoms with Crippen molar-refractivity contribution in [2.24, 2.45) is 5.73 Å². The molecule has 3 nitrogen and oxygen atoms in total. The van der Waals surface area contributed by atoms with E-state index in [-0.39, 0.29) is 6.04 Å². The average molecular weight is 334 g/mol. The maximum atomic E-state index is 6.39. The summed E-state index contributed by atoms with van der Waals surface area (Å²) in [7, 11) is 1.65. The van der Waals surface area contributed by atoms with Crippen molar-refractivity contribution in [1.82, 2.24) is 0 Å². The Balaban J connectivity index is 1.94. The van der Waals surface area contributed by atoms with Crippen LogP contribution in [-0.2, 0) is 6.42 Å². The third kappa shape index (κ3) is 2.41. The molecular weight excluding hydrogens is 318 g/mol. The molecule has 0 spiro atoms. The third-order valence-electron chi connectivity index (χ3n) is 3.62. The predicted octanol–water partition coefficient (Wildman–Crippen LogP) is 3.44. The summed E-state index contributed by atoms with van der Waals surface area (Å²) >= 11 is 3.56. The summed E-state index contributed by atoms with van der Waals surface area (Å²) in [6.07, 6.45) is 0.958. The fraction of sp³-hybridized carbons (Fsp3) is 0.250. The third-order valence-corrected chi connectivity index (χ3v) is 4.30. The van der Waals surface area contributed by atoms with Crippen molar-refractivity contribution >= 4 is 15.9 Å². The first-order valence-corrected chi connectivity index (χ1v) is 7.33. The van der Waals surface area contributed by atoms with Crippen molar-refractivity contribution in [3.8, 4) is 11.5 Å². The van der Waals surface area contributed by atoms with Gasteiger partial charge in [0, 0.05) is 10.9 Å². The van der Waals surface area contributed by atoms with Crippen molar-refractivity contribution in [2.75, 3.05) is 13.7 Å². The highest BCUT2D eigenvalue weighted by Gasteiger charge is 2.17. The van der Waals surface area contributed by atoms with Crippen LogP contribution in [0.5, 0.6) is 11.5 Å². The molecule has 0 aromatic heterocycles. The Morgan fingerprint density at radius 1 is 1.25 bits per heavy atom. The number of hydrogen-bond acceptors (Lipinski definition) is 3. The molecule has 0 amide bonds. The van der Waals surface area contributed by atoms with E-state index in [0.717, 1.165) is 40.1 Å². The minimum Gasteiger partial charge on any atom is -0.497 e. The van der Waals surface area contributed by atoms with Gasteiger partial charge in [-0.05, 0) is 34.9 Å². The molecule has 1 unspecified atom stereocenters. The van der Waals surface area contributed by atoms with Crippen molar-refractivity contribution < 1.29 is 9.47 Å². The Kier molecular flexibility index (Phi) is 3.68. The summed E-state index contributed by atoms with van der Waals surface area (Å²) in [5, 5.41) is 0. The molecule has 2 N–H and O–H groups in total. The Morgan fingerprint density at radius 3 is 2.85 bits per heavy atom. The number of ether oxygens (including phenoxy) is 2. The van der Waals surface area contributed by atoms with E-state index in [9.17, 15) is 0 Å². The molecule has 0 bridgehead atoms. The van der Waals surface area contributed by atoms with E-state index < -0.39 is 0 Å². The number of nitrogens with two attached hydrogens (primary N) is 1. The predicted molar refractivity (Wildman–Crippen MR) is 82.4 cm³/mol. The van der Waals surface area contributed by atoms with Crippen LogP contribution in [0.15, 0.2) is 40.9 Å². The zero-order valence-electron chi connectivity index (χ0n) is 11.2. The zero-order valence-corrected chi connectivity index (χ0v) is 12.8. The van der Waals surface area contributed by atoms with Crippen LogP contribution in [0.2, 0.25) is 0 Å². The van der Waals surface area contributed by atoms with E-state index in [1.54, 1.807) is 7.11 Å². The summed E-state index contributed by atoms with van der Waals surface area (Å²) in [5.41, 5.74) is 9.77. The molecule has 0 aliphatic carbocycles. The van der Waals surface area contributed by atoms with E-state index in [4.69, 9.17) is 15.2 Å². The van der Waals surface area contributed by atoms with E-state index in [1.165, 1.54) is 5.56 Å². The molecule has 2 aromatic carbocycles. The fourth-order valence-corrected chi connectivity index (χ4v) is 3.07. The van der Waals surface area contributed by atoms with Crippen molar-refractivity contribution in [3.63, 3.8) is 0 Å². The van der Waals surface area contributed by atoms with Crippen LogP contribution in [0.4, 0.5) is 0 Å². The highest BCUT2D eigenvalue weighted by Crippen LogP contribution is 2.33. The standard InChI is InChI=1S/C16H16BrNO2/c1-19-12-3-4-13(14(17)9-12)16(18)11-2-5-15-10(8-11)6-7-20-15/h2-5,8-9,16H,6-7,18H2,1H3. The molecule has 3 rings (SSSR count). The highest BCUT2D eigenvalue weighted by molar-refractivity contribution is 9.10. The minimum atomic E-state index is -0.166. The molecule has 104 valence electrons. The monoisotopic (exact) mass is 333 g/mol. The van der Waals surface area contributed by atoms with Crippen molar-refractivity contribution in [1.29, 1.82) is 0 Å². The Morgan fingerprint density at radius 2 is 2.10 bits per heavy atom. The van der Waals surface area contributed by atoms with Crippen LogP contribution in [0, 0.1) is 0 Å². The van der Waals surface area contributed by atoms with Gasteiger partial charge in [-0.25, -0.2) is 0 Å². The number of fused-ring (bicyclic) bond motifs is 1. The number of halogens is 1. The molecule has 1 heterocycles. The first-order valence-electron chi connectivity index (χ1n) is 6.53. The number of rotatable bonds is 3. The van der Waals surface area contributed by atoms with E-state index in [0.29, 0.717) is 0 Å². The van der Waals surface area contributed by atoms with Gasteiger partial charge in [0.15, 0.2) is 0 Å². The van der Waals surface area contributed by atoms with Gasteiger partial charge in [-0.15, -0.1) is 0 Å². The second-order valence-corrected chi connectivity index (χ2v) is 5.69. The lowest BCUT2D eigenvalue weighted by Gasteiger charge is -2.16. The van der Waals surface area contributed by atoms with Crippen LogP contribution in [-0.4, -0.2) is 13.7 Å². The normalized spacial score (nSPS) is 14.6. The molecule has 1 atom stereocenters. The van der Waals surface area contributed by atoms with Crippen molar-refractivity contribution in [2.45, 2.75) is 12.5 Å². The van der Waals surface area contributed by atoms with E-state index in [1.807, 2.05) is 30.3 Å². The highest BCUT2D eigenvalue weighted by atomic mass is 79.9. The summed E-state index contributed by atoms with van der Waals surface area (Å²) < 4.78 is 11.7. The fourth-order valence-electron chi connectivity index (χ4n) is 2.47. The molecular formula is C16H16BrNO2. The SMILES string of the molecule is COc1ccc(C(N)c2ccc3c(c2)CCO3)c(Br)c1. The lowest BCUT2D eigenvalue weighted by molar-refractivity contribution is 0.357. The lowest BCUT2D eigenvalue weighted by Crippen LogP contribution is -2.12. The quantitative estimate of drug-likeness (QED) is 0.935. The second kappa shape index (κ2) is 5.46. The van der Waals surface area contributed by atoms with Crippen LogP contribution in [0.3, 0.4) is 0 Å². The molecule has 4 heteroatoms. The van der Waals surface area contributed by atoms with E-state index in [2.05, 4.69) is 22.0 Å². The van der Waals surface area contributed by atoms with Gasteiger partial charge in [0.2, 0.25) is 0 Å². The Labute approximate surface area is 126 Å². The van der Waals surface area contributed by atoms with Crippen LogP contribution < -0.4 is 15.2 Å². The zero-order chi connectivity index (χ0) is 14.1. The topological polar surface area (TPSA) is 44.5 Å². The summed E-state index contributed by atoms with van der Waals surface area (Å²) in [5.74, 6) is 1.80. The smallest absolute Gasteiger partial charge is 0.122 e. The first-order chi connectivity index (χ1) is 9.69. The molecule has 0 saturated carbocycles. The van der Waals surface area contributed by atoms with Gasteiger partial charge >= 0.3 is 0 Å². The van der Waals surface area contributed by atoms with Crippen LogP contribution >= 0.6 is 15.9 Å². The number of benzene rings is 2.